The van der Waals surface area contributed by atoms with Crippen LogP contribution in [0.15, 0.2) is 36.4 Å². The Hall–Kier alpha value is -1.63. The summed E-state index contributed by atoms with van der Waals surface area (Å²) in [6, 6.07) is 12.2. The average molecular weight is 383 g/mol. The molecule has 0 saturated carbocycles. The first-order valence-corrected chi connectivity index (χ1v) is 7.30. The summed E-state index contributed by atoms with van der Waals surface area (Å²) in [6.07, 6.45) is 0. The Bertz CT molecular complexity index is 613. The maximum absolute atomic E-state index is 5.42. The van der Waals surface area contributed by atoms with Crippen LogP contribution in [0.2, 0.25) is 0 Å². The molecule has 0 fully saturated rings. The van der Waals surface area contributed by atoms with Crippen LogP contribution in [-0.2, 0) is 6.54 Å². The Morgan fingerprint density at radius 1 is 1.20 bits per heavy atom. The highest BCUT2D eigenvalue weighted by Gasteiger charge is 2.19. The third-order valence-corrected chi connectivity index (χ3v) is 3.78. The van der Waals surface area contributed by atoms with Crippen molar-refractivity contribution in [1.29, 1.82) is 0 Å². The Morgan fingerprint density at radius 3 is 2.75 bits per heavy atom. The predicted molar refractivity (Wildman–Crippen MR) is 85.6 cm³/mol. The molecule has 2 aromatic carbocycles. The predicted octanol–water partition coefficient (Wildman–Crippen LogP) is 3.64. The number of nitrogens with one attached hydrogen (secondary N) is 1. The smallest absolute Gasteiger partial charge is 0.231 e. The minimum atomic E-state index is 0.250. The molecule has 0 spiro atoms. The van der Waals surface area contributed by atoms with Crippen LogP contribution in [0.25, 0.3) is 0 Å². The van der Waals surface area contributed by atoms with Crippen molar-refractivity contribution in [2.24, 2.45) is 0 Å². The summed E-state index contributed by atoms with van der Waals surface area (Å²) in [4.78, 5) is 0. The molecule has 1 aliphatic rings. The van der Waals surface area contributed by atoms with E-state index in [0.717, 1.165) is 17.0 Å². The van der Waals surface area contributed by atoms with E-state index >= 15 is 0 Å². The number of anilines is 1. The molecule has 0 amide bonds. The van der Waals surface area contributed by atoms with Gasteiger partial charge < -0.3 is 19.5 Å². The van der Waals surface area contributed by atoms with Gasteiger partial charge in [0.15, 0.2) is 11.5 Å². The molecule has 0 unspecified atom stereocenters. The minimum absolute atomic E-state index is 0.250. The quantitative estimate of drug-likeness (QED) is 0.819. The number of halogens is 1. The van der Waals surface area contributed by atoms with Crippen LogP contribution in [0.3, 0.4) is 0 Å². The Balaban J connectivity index is 1.76. The van der Waals surface area contributed by atoms with Crippen LogP contribution in [-0.4, -0.2) is 13.9 Å². The van der Waals surface area contributed by atoms with Gasteiger partial charge in [0, 0.05) is 15.8 Å². The molecule has 0 bridgehead atoms. The van der Waals surface area contributed by atoms with Crippen LogP contribution in [0.1, 0.15) is 5.56 Å². The molecule has 0 aliphatic carbocycles. The van der Waals surface area contributed by atoms with Crippen molar-refractivity contribution in [2.45, 2.75) is 6.54 Å². The molecule has 3 rings (SSSR count). The van der Waals surface area contributed by atoms with Crippen LogP contribution in [0.5, 0.6) is 17.2 Å². The number of ether oxygens (including phenoxy) is 3. The van der Waals surface area contributed by atoms with Crippen molar-refractivity contribution in [3.63, 3.8) is 0 Å². The molecule has 1 aliphatic heterocycles. The van der Waals surface area contributed by atoms with E-state index in [1.807, 2.05) is 12.1 Å². The van der Waals surface area contributed by atoms with Gasteiger partial charge in [0.2, 0.25) is 12.5 Å². The van der Waals surface area contributed by atoms with E-state index in [-0.39, 0.29) is 6.79 Å². The fraction of sp³-hybridized carbons (Fsp3) is 0.200. The fourth-order valence-corrected chi connectivity index (χ4v) is 2.42. The number of hydrogen-bond acceptors (Lipinski definition) is 4. The monoisotopic (exact) mass is 383 g/mol. The van der Waals surface area contributed by atoms with Gasteiger partial charge in [-0.15, -0.1) is 0 Å². The summed E-state index contributed by atoms with van der Waals surface area (Å²) in [7, 11) is 1.63. The van der Waals surface area contributed by atoms with Gasteiger partial charge in [0.1, 0.15) is 0 Å². The highest BCUT2D eigenvalue weighted by atomic mass is 127. The lowest BCUT2D eigenvalue weighted by Crippen LogP contribution is -2.00. The Morgan fingerprint density at radius 2 is 2.00 bits per heavy atom. The van der Waals surface area contributed by atoms with Gasteiger partial charge in [-0.3, -0.25) is 0 Å². The van der Waals surface area contributed by atoms with Gasteiger partial charge in [-0.25, -0.2) is 0 Å². The van der Waals surface area contributed by atoms with Crippen molar-refractivity contribution >= 4 is 28.3 Å². The molecular formula is C15H14INO3. The molecule has 5 heteroatoms. The van der Waals surface area contributed by atoms with Crippen molar-refractivity contribution in [3.8, 4) is 17.2 Å². The number of fused-ring (bicyclic) bond motifs is 1. The second kappa shape index (κ2) is 5.78. The minimum Gasteiger partial charge on any atom is -0.493 e. The van der Waals surface area contributed by atoms with E-state index in [0.29, 0.717) is 18.0 Å². The maximum atomic E-state index is 5.42. The summed E-state index contributed by atoms with van der Waals surface area (Å²) in [5.74, 6) is 2.13. The van der Waals surface area contributed by atoms with Gasteiger partial charge in [0.25, 0.3) is 0 Å². The summed E-state index contributed by atoms with van der Waals surface area (Å²) < 4.78 is 17.4. The third kappa shape index (κ3) is 2.77. The van der Waals surface area contributed by atoms with Crippen LogP contribution < -0.4 is 19.5 Å². The van der Waals surface area contributed by atoms with E-state index < -0.39 is 0 Å². The zero-order valence-corrected chi connectivity index (χ0v) is 13.1. The normalized spacial score (nSPS) is 12.3. The summed E-state index contributed by atoms with van der Waals surface area (Å²) in [6.45, 7) is 0.952. The van der Waals surface area contributed by atoms with Crippen LogP contribution >= 0.6 is 22.6 Å². The molecule has 4 nitrogen and oxygen atoms in total. The average Bonchev–Trinajstić information content (AvgIpc) is 2.94. The van der Waals surface area contributed by atoms with Crippen LogP contribution in [0, 0.1) is 3.57 Å². The molecule has 0 radical (unpaired) electrons. The van der Waals surface area contributed by atoms with Gasteiger partial charge in [-0.1, -0.05) is 0 Å². The maximum Gasteiger partial charge on any atom is 0.231 e. The highest BCUT2D eigenvalue weighted by Crippen LogP contribution is 2.41. The first-order chi connectivity index (χ1) is 9.76. The second-order valence-electron chi connectivity index (χ2n) is 4.39. The Kier molecular flexibility index (Phi) is 3.86. The topological polar surface area (TPSA) is 39.7 Å². The number of hydrogen-bond donors (Lipinski definition) is 1. The zero-order chi connectivity index (χ0) is 13.9. The number of methoxy groups -OCH3 is 1. The van der Waals surface area contributed by atoms with E-state index in [4.69, 9.17) is 14.2 Å². The van der Waals surface area contributed by atoms with Crippen molar-refractivity contribution < 1.29 is 14.2 Å². The standard InChI is InChI=1S/C15H14INO3/c1-18-13-6-10(7-14-15(13)20-9-19-14)8-17-12-4-2-11(16)3-5-12/h2-7,17H,8-9H2,1H3. The van der Waals surface area contributed by atoms with E-state index in [9.17, 15) is 0 Å². The molecule has 1 N–H and O–H groups in total. The molecule has 0 atom stereocenters. The van der Waals surface area contributed by atoms with Crippen molar-refractivity contribution in [3.05, 3.63) is 45.5 Å². The fourth-order valence-electron chi connectivity index (χ4n) is 2.06. The molecule has 2 aromatic rings. The number of benzene rings is 2. The highest BCUT2D eigenvalue weighted by molar-refractivity contribution is 14.1. The van der Waals surface area contributed by atoms with E-state index in [1.54, 1.807) is 7.11 Å². The van der Waals surface area contributed by atoms with Gasteiger partial charge in [-0.05, 0) is 64.6 Å². The molecule has 104 valence electrons. The number of rotatable bonds is 4. The van der Waals surface area contributed by atoms with Crippen molar-refractivity contribution in [1.82, 2.24) is 0 Å². The lowest BCUT2D eigenvalue weighted by molar-refractivity contribution is 0.171. The SMILES string of the molecule is COc1cc(CNc2ccc(I)cc2)cc2c1OCO2. The third-order valence-electron chi connectivity index (χ3n) is 3.06. The van der Waals surface area contributed by atoms with E-state index in [1.165, 1.54) is 3.57 Å². The molecule has 0 aromatic heterocycles. The summed E-state index contributed by atoms with van der Waals surface area (Å²) in [5.41, 5.74) is 2.17. The summed E-state index contributed by atoms with van der Waals surface area (Å²) >= 11 is 2.29. The molecule has 20 heavy (non-hydrogen) atoms. The zero-order valence-electron chi connectivity index (χ0n) is 11.0. The second-order valence-corrected chi connectivity index (χ2v) is 5.64. The summed E-state index contributed by atoms with van der Waals surface area (Å²) in [5, 5.41) is 3.38. The molecular weight excluding hydrogens is 369 g/mol. The Labute approximate surface area is 131 Å². The first kappa shape index (κ1) is 13.4. The lowest BCUT2D eigenvalue weighted by atomic mass is 10.1. The van der Waals surface area contributed by atoms with Crippen LogP contribution in [0.4, 0.5) is 5.69 Å². The lowest BCUT2D eigenvalue weighted by Gasteiger charge is -2.10. The van der Waals surface area contributed by atoms with Crippen molar-refractivity contribution in [2.75, 3.05) is 19.2 Å². The molecule has 0 saturated heterocycles. The molecule has 1 heterocycles. The first-order valence-electron chi connectivity index (χ1n) is 6.22. The van der Waals surface area contributed by atoms with Gasteiger partial charge in [-0.2, -0.15) is 0 Å². The van der Waals surface area contributed by atoms with Gasteiger partial charge >= 0.3 is 0 Å². The van der Waals surface area contributed by atoms with Gasteiger partial charge in [0.05, 0.1) is 7.11 Å². The van der Waals surface area contributed by atoms with E-state index in [2.05, 4.69) is 52.2 Å². The largest absolute Gasteiger partial charge is 0.493 e.